The van der Waals surface area contributed by atoms with E-state index in [1.54, 1.807) is 30.8 Å². The van der Waals surface area contributed by atoms with Crippen molar-refractivity contribution in [1.29, 1.82) is 0 Å². The molecule has 164 valence electrons. The molecule has 0 saturated carbocycles. The quantitative estimate of drug-likeness (QED) is 0.487. The summed E-state index contributed by atoms with van der Waals surface area (Å²) in [6.07, 6.45) is 1.29. The molecule has 0 saturated heterocycles. The molecule has 1 unspecified atom stereocenters. The van der Waals surface area contributed by atoms with Crippen LogP contribution in [0.25, 0.3) is 0 Å². The molecular formula is C20H23Cl2FN2O3S2. The first-order valence-electron chi connectivity index (χ1n) is 9.17. The SMILES string of the molecule is CCC(C(=O)NCCSCc1ccc(Cl)cc1Cl)N(c1ccc(F)cc1)S(C)(=O)=O. The molecule has 1 amide bonds. The fourth-order valence-corrected chi connectivity index (χ4v) is 5.46. The van der Waals surface area contributed by atoms with E-state index in [0.29, 0.717) is 28.1 Å². The molecule has 30 heavy (non-hydrogen) atoms. The number of hydrogen-bond donors (Lipinski definition) is 1. The van der Waals surface area contributed by atoms with Crippen molar-refractivity contribution < 1.29 is 17.6 Å². The highest BCUT2D eigenvalue weighted by Gasteiger charge is 2.31. The molecule has 0 aliphatic rings. The molecule has 0 aliphatic carbocycles. The minimum absolute atomic E-state index is 0.243. The number of thioether (sulfide) groups is 1. The van der Waals surface area contributed by atoms with Crippen molar-refractivity contribution in [2.45, 2.75) is 25.1 Å². The van der Waals surface area contributed by atoms with Crippen LogP contribution in [0.4, 0.5) is 10.1 Å². The van der Waals surface area contributed by atoms with E-state index in [2.05, 4.69) is 5.32 Å². The zero-order valence-corrected chi connectivity index (χ0v) is 19.7. The van der Waals surface area contributed by atoms with Gasteiger partial charge in [-0.2, -0.15) is 11.8 Å². The Morgan fingerprint density at radius 1 is 1.20 bits per heavy atom. The van der Waals surface area contributed by atoms with Gasteiger partial charge >= 0.3 is 0 Å². The van der Waals surface area contributed by atoms with E-state index in [0.717, 1.165) is 28.3 Å². The maximum atomic E-state index is 13.2. The molecule has 0 fully saturated rings. The first kappa shape index (κ1) is 24.8. The fraction of sp³-hybridized carbons (Fsp3) is 0.350. The van der Waals surface area contributed by atoms with Crippen molar-refractivity contribution in [2.24, 2.45) is 0 Å². The molecule has 1 atom stereocenters. The van der Waals surface area contributed by atoms with E-state index in [9.17, 15) is 17.6 Å². The lowest BCUT2D eigenvalue weighted by Gasteiger charge is -2.30. The van der Waals surface area contributed by atoms with Crippen LogP contribution in [-0.2, 0) is 20.6 Å². The van der Waals surface area contributed by atoms with Gasteiger partial charge in [0.2, 0.25) is 15.9 Å². The fourth-order valence-electron chi connectivity index (χ4n) is 2.83. The molecule has 1 N–H and O–H groups in total. The Morgan fingerprint density at radius 3 is 2.43 bits per heavy atom. The summed E-state index contributed by atoms with van der Waals surface area (Å²) in [5.74, 6) is 0.393. The molecule has 2 aromatic carbocycles. The smallest absolute Gasteiger partial charge is 0.243 e. The topological polar surface area (TPSA) is 66.5 Å². The normalized spacial score (nSPS) is 12.4. The van der Waals surface area contributed by atoms with Crippen LogP contribution < -0.4 is 9.62 Å². The lowest BCUT2D eigenvalue weighted by Crippen LogP contribution is -2.49. The van der Waals surface area contributed by atoms with Crippen molar-refractivity contribution in [3.63, 3.8) is 0 Å². The number of hydrogen-bond acceptors (Lipinski definition) is 4. The highest BCUT2D eigenvalue weighted by Crippen LogP contribution is 2.25. The summed E-state index contributed by atoms with van der Waals surface area (Å²) in [4.78, 5) is 12.7. The Balaban J connectivity index is 1.96. The number of nitrogens with one attached hydrogen (secondary N) is 1. The highest BCUT2D eigenvalue weighted by molar-refractivity contribution is 7.98. The number of anilines is 1. The lowest BCUT2D eigenvalue weighted by molar-refractivity contribution is -0.122. The number of carbonyl (C=O) groups excluding carboxylic acids is 1. The molecule has 2 rings (SSSR count). The Morgan fingerprint density at radius 2 is 1.87 bits per heavy atom. The predicted octanol–water partition coefficient (Wildman–Crippen LogP) is 4.73. The maximum absolute atomic E-state index is 13.2. The highest BCUT2D eigenvalue weighted by atomic mass is 35.5. The number of sulfonamides is 1. The van der Waals surface area contributed by atoms with Crippen molar-refractivity contribution >= 4 is 56.6 Å². The summed E-state index contributed by atoms with van der Waals surface area (Å²) in [7, 11) is -3.75. The van der Waals surface area contributed by atoms with Crippen molar-refractivity contribution in [2.75, 3.05) is 22.9 Å². The molecule has 5 nitrogen and oxygen atoms in total. The number of rotatable bonds is 10. The summed E-state index contributed by atoms with van der Waals surface area (Å²) >= 11 is 13.6. The third-order valence-electron chi connectivity index (χ3n) is 4.23. The van der Waals surface area contributed by atoms with Crippen LogP contribution in [0.1, 0.15) is 18.9 Å². The number of amides is 1. The summed E-state index contributed by atoms with van der Waals surface area (Å²) in [6, 6.07) is 9.40. The van der Waals surface area contributed by atoms with Gasteiger partial charge in [-0.3, -0.25) is 9.10 Å². The Bertz CT molecular complexity index is 973. The van der Waals surface area contributed by atoms with E-state index >= 15 is 0 Å². The van der Waals surface area contributed by atoms with Crippen LogP contribution in [0.3, 0.4) is 0 Å². The van der Waals surface area contributed by atoms with Gasteiger partial charge in [-0.25, -0.2) is 12.8 Å². The largest absolute Gasteiger partial charge is 0.353 e. The van der Waals surface area contributed by atoms with Crippen molar-refractivity contribution in [1.82, 2.24) is 5.32 Å². The third-order valence-corrected chi connectivity index (χ3v) is 7.00. The summed E-state index contributed by atoms with van der Waals surface area (Å²) in [5.41, 5.74) is 1.19. The van der Waals surface area contributed by atoms with Crippen LogP contribution in [0.2, 0.25) is 10.0 Å². The van der Waals surface area contributed by atoms with Gasteiger partial charge in [-0.1, -0.05) is 36.2 Å². The van der Waals surface area contributed by atoms with Gasteiger partial charge in [0.25, 0.3) is 0 Å². The first-order chi connectivity index (χ1) is 14.1. The molecule has 0 aromatic heterocycles. The number of halogens is 3. The monoisotopic (exact) mass is 492 g/mol. The Kier molecular flexibility index (Phi) is 9.28. The van der Waals surface area contributed by atoms with Crippen molar-refractivity contribution in [3.05, 3.63) is 63.9 Å². The minimum atomic E-state index is -3.75. The van der Waals surface area contributed by atoms with Crippen LogP contribution in [-0.4, -0.2) is 38.9 Å². The molecule has 0 spiro atoms. The van der Waals surface area contributed by atoms with E-state index in [1.807, 2.05) is 6.07 Å². The summed E-state index contributed by atoms with van der Waals surface area (Å²) in [5, 5.41) is 3.95. The standard InChI is InChI=1S/C20H23Cl2FN2O3S2/c1-3-19(25(30(2,27)28)17-8-6-16(23)7-9-17)20(26)24-10-11-29-13-14-4-5-15(21)12-18(14)22/h4-9,12,19H,3,10-11,13H2,1-2H3,(H,24,26). The second kappa shape index (κ2) is 11.2. The van der Waals surface area contributed by atoms with Gasteiger partial charge in [0, 0.05) is 28.1 Å². The maximum Gasteiger partial charge on any atom is 0.243 e. The van der Waals surface area contributed by atoms with Crippen LogP contribution in [0.15, 0.2) is 42.5 Å². The minimum Gasteiger partial charge on any atom is -0.353 e. The summed E-state index contributed by atoms with van der Waals surface area (Å²) < 4.78 is 38.9. The van der Waals surface area contributed by atoms with Crippen LogP contribution >= 0.6 is 35.0 Å². The van der Waals surface area contributed by atoms with E-state index in [1.165, 1.54) is 12.1 Å². The van der Waals surface area contributed by atoms with Crippen LogP contribution in [0, 0.1) is 5.82 Å². The van der Waals surface area contributed by atoms with Gasteiger partial charge in [0.15, 0.2) is 0 Å². The second-order valence-corrected chi connectivity index (χ2v) is 10.3. The van der Waals surface area contributed by atoms with Gasteiger partial charge in [0.05, 0.1) is 11.9 Å². The Labute approximate surface area is 191 Å². The van der Waals surface area contributed by atoms with Gasteiger partial charge < -0.3 is 5.32 Å². The number of benzene rings is 2. The second-order valence-electron chi connectivity index (χ2n) is 6.54. The van der Waals surface area contributed by atoms with E-state index in [4.69, 9.17) is 23.2 Å². The van der Waals surface area contributed by atoms with Crippen LogP contribution in [0.5, 0.6) is 0 Å². The molecule has 0 radical (unpaired) electrons. The Hall–Kier alpha value is -1.48. The molecule has 0 aliphatic heterocycles. The number of carbonyl (C=O) groups is 1. The zero-order chi connectivity index (χ0) is 22.3. The van der Waals surface area contributed by atoms with E-state index < -0.39 is 27.8 Å². The zero-order valence-electron chi connectivity index (χ0n) is 16.6. The predicted molar refractivity (Wildman–Crippen MR) is 123 cm³/mol. The lowest BCUT2D eigenvalue weighted by atomic mass is 10.2. The molecular weight excluding hydrogens is 470 g/mol. The van der Waals surface area contributed by atoms with Gasteiger partial charge in [-0.05, 0) is 48.4 Å². The van der Waals surface area contributed by atoms with E-state index in [-0.39, 0.29) is 12.1 Å². The third kappa shape index (κ3) is 7.04. The molecule has 10 heteroatoms. The summed E-state index contributed by atoms with van der Waals surface area (Å²) in [6.45, 7) is 2.09. The number of nitrogens with zero attached hydrogens (tertiary/aromatic N) is 1. The molecule has 0 heterocycles. The molecule has 2 aromatic rings. The molecule has 0 bridgehead atoms. The first-order valence-corrected chi connectivity index (χ1v) is 12.9. The van der Waals surface area contributed by atoms with Gasteiger partial charge in [-0.15, -0.1) is 0 Å². The average Bonchev–Trinajstić information content (AvgIpc) is 2.67. The van der Waals surface area contributed by atoms with Crippen molar-refractivity contribution in [3.8, 4) is 0 Å². The van der Waals surface area contributed by atoms with Gasteiger partial charge in [0.1, 0.15) is 11.9 Å². The average molecular weight is 493 g/mol.